The number of anilines is 1. The fourth-order valence-electron chi connectivity index (χ4n) is 1.91. The molecular formula is C14H19BrFNO3. The maximum Gasteiger partial charge on any atom is 0.336 e. The smallest absolute Gasteiger partial charge is 0.336 e. The molecule has 0 aliphatic carbocycles. The normalized spacial score (nSPS) is 11.4. The number of hydrogen-bond donors (Lipinski definition) is 3. The van der Waals surface area contributed by atoms with Gasteiger partial charge in [0, 0.05) is 12.0 Å². The van der Waals surface area contributed by atoms with Crippen LogP contribution in [0.3, 0.4) is 0 Å². The van der Waals surface area contributed by atoms with Gasteiger partial charge < -0.3 is 15.5 Å². The van der Waals surface area contributed by atoms with Gasteiger partial charge in [0.2, 0.25) is 0 Å². The van der Waals surface area contributed by atoms with Crippen LogP contribution in [0.2, 0.25) is 0 Å². The van der Waals surface area contributed by atoms with Gasteiger partial charge in [0.25, 0.3) is 0 Å². The third-order valence-electron chi connectivity index (χ3n) is 3.80. The summed E-state index contributed by atoms with van der Waals surface area (Å²) in [6.45, 7) is 4.39. The van der Waals surface area contributed by atoms with Gasteiger partial charge in [-0.25, -0.2) is 9.18 Å². The molecular weight excluding hydrogens is 329 g/mol. The lowest BCUT2D eigenvalue weighted by atomic mass is 9.83. The highest BCUT2D eigenvalue weighted by atomic mass is 79.9. The van der Waals surface area contributed by atoms with Gasteiger partial charge in [-0.15, -0.1) is 0 Å². The second kappa shape index (κ2) is 7.04. The summed E-state index contributed by atoms with van der Waals surface area (Å²) in [5, 5.41) is 21.3. The van der Waals surface area contributed by atoms with Crippen LogP contribution in [0.15, 0.2) is 16.6 Å². The molecule has 0 saturated heterocycles. The second-order valence-electron chi connectivity index (χ2n) is 4.81. The maximum absolute atomic E-state index is 14.1. The van der Waals surface area contributed by atoms with Crippen LogP contribution >= 0.6 is 15.9 Å². The lowest BCUT2D eigenvalue weighted by Gasteiger charge is -2.30. The number of hydrogen-bond acceptors (Lipinski definition) is 3. The summed E-state index contributed by atoms with van der Waals surface area (Å²) in [6.07, 6.45) is 1.53. The van der Waals surface area contributed by atoms with E-state index in [1.807, 2.05) is 13.8 Å². The van der Waals surface area contributed by atoms with Crippen LogP contribution in [0.5, 0.6) is 0 Å². The van der Waals surface area contributed by atoms with Crippen molar-refractivity contribution >= 4 is 27.6 Å². The Hall–Kier alpha value is -1.14. The van der Waals surface area contributed by atoms with E-state index in [1.54, 1.807) is 0 Å². The lowest BCUT2D eigenvalue weighted by molar-refractivity contribution is 0.0695. The summed E-state index contributed by atoms with van der Waals surface area (Å²) >= 11 is 2.96. The molecule has 0 saturated carbocycles. The molecule has 0 unspecified atom stereocenters. The predicted molar refractivity (Wildman–Crippen MR) is 79.6 cm³/mol. The number of nitrogens with one attached hydrogen (secondary N) is 1. The summed E-state index contributed by atoms with van der Waals surface area (Å²) in [5.74, 6) is -1.82. The van der Waals surface area contributed by atoms with Crippen LogP contribution < -0.4 is 5.32 Å². The van der Waals surface area contributed by atoms with E-state index in [0.717, 1.165) is 12.8 Å². The molecule has 0 atom stereocenters. The summed E-state index contributed by atoms with van der Waals surface area (Å²) in [5.41, 5.74) is -0.196. The van der Waals surface area contributed by atoms with Gasteiger partial charge in [-0.2, -0.15) is 0 Å². The third kappa shape index (κ3) is 3.49. The molecule has 0 amide bonds. The zero-order valence-electron chi connectivity index (χ0n) is 11.5. The lowest BCUT2D eigenvalue weighted by Crippen LogP contribution is -2.32. The van der Waals surface area contributed by atoms with Crippen molar-refractivity contribution in [3.63, 3.8) is 0 Å². The highest BCUT2D eigenvalue weighted by molar-refractivity contribution is 9.10. The van der Waals surface area contributed by atoms with E-state index in [2.05, 4.69) is 21.2 Å². The van der Waals surface area contributed by atoms with Crippen molar-refractivity contribution in [3.05, 3.63) is 28.0 Å². The van der Waals surface area contributed by atoms with Gasteiger partial charge >= 0.3 is 5.97 Å². The number of carboxylic acid groups (broad SMARTS) is 1. The molecule has 0 aromatic heterocycles. The number of benzene rings is 1. The summed E-state index contributed by atoms with van der Waals surface area (Å²) < 4.78 is 14.0. The number of aromatic carboxylic acids is 1. The maximum atomic E-state index is 14.1. The van der Waals surface area contributed by atoms with Crippen LogP contribution in [0, 0.1) is 11.2 Å². The van der Waals surface area contributed by atoms with Crippen LogP contribution in [0.25, 0.3) is 0 Å². The first-order chi connectivity index (χ1) is 9.40. The largest absolute Gasteiger partial charge is 0.478 e. The molecule has 6 heteroatoms. The first kappa shape index (κ1) is 16.9. The van der Waals surface area contributed by atoms with Crippen molar-refractivity contribution in [1.29, 1.82) is 0 Å². The minimum Gasteiger partial charge on any atom is -0.478 e. The molecule has 1 aromatic carbocycles. The van der Waals surface area contributed by atoms with Gasteiger partial charge in [0.05, 0.1) is 22.3 Å². The van der Waals surface area contributed by atoms with Crippen LogP contribution in [0.4, 0.5) is 10.1 Å². The van der Waals surface area contributed by atoms with Crippen LogP contribution in [-0.2, 0) is 0 Å². The van der Waals surface area contributed by atoms with Gasteiger partial charge in [-0.05, 0) is 40.9 Å². The average molecular weight is 348 g/mol. The SMILES string of the molecule is CCC(CC)(CO)CNc1ccc(C(=O)O)c(Br)c1F. The molecule has 1 aromatic rings. The van der Waals surface area contributed by atoms with E-state index < -0.39 is 11.8 Å². The number of rotatable bonds is 7. The minimum atomic E-state index is -1.19. The first-order valence-electron chi connectivity index (χ1n) is 6.46. The Balaban J connectivity index is 2.95. The zero-order chi connectivity index (χ0) is 15.3. The highest BCUT2D eigenvalue weighted by Gasteiger charge is 2.26. The van der Waals surface area contributed by atoms with Crippen molar-refractivity contribution in [2.75, 3.05) is 18.5 Å². The average Bonchev–Trinajstić information content (AvgIpc) is 2.44. The van der Waals surface area contributed by atoms with Crippen molar-refractivity contribution in [3.8, 4) is 0 Å². The Morgan fingerprint density at radius 2 is 2.00 bits per heavy atom. The molecule has 0 aliphatic heterocycles. The second-order valence-corrected chi connectivity index (χ2v) is 5.61. The summed E-state index contributed by atoms with van der Waals surface area (Å²) in [4.78, 5) is 10.9. The molecule has 3 N–H and O–H groups in total. The molecule has 20 heavy (non-hydrogen) atoms. The summed E-state index contributed by atoms with van der Waals surface area (Å²) in [7, 11) is 0. The Kier molecular flexibility index (Phi) is 5.95. The van der Waals surface area contributed by atoms with Gasteiger partial charge in [0.1, 0.15) is 0 Å². The first-order valence-corrected chi connectivity index (χ1v) is 7.26. The zero-order valence-corrected chi connectivity index (χ0v) is 13.1. The third-order valence-corrected chi connectivity index (χ3v) is 4.58. The van der Waals surface area contributed by atoms with Crippen molar-refractivity contribution in [1.82, 2.24) is 0 Å². The minimum absolute atomic E-state index is 0.0169. The number of aliphatic hydroxyl groups excluding tert-OH is 1. The van der Waals surface area contributed by atoms with Crippen molar-refractivity contribution < 1.29 is 19.4 Å². The number of carbonyl (C=O) groups is 1. The number of aliphatic hydroxyl groups is 1. The predicted octanol–water partition coefficient (Wildman–Crippen LogP) is 3.50. The topological polar surface area (TPSA) is 69.6 Å². The molecule has 0 fully saturated rings. The summed E-state index contributed by atoms with van der Waals surface area (Å²) in [6, 6.07) is 2.74. The van der Waals surface area contributed by atoms with E-state index in [1.165, 1.54) is 12.1 Å². The van der Waals surface area contributed by atoms with Gasteiger partial charge in [-0.1, -0.05) is 13.8 Å². The Bertz CT molecular complexity index is 481. The fourth-order valence-corrected chi connectivity index (χ4v) is 2.43. The van der Waals surface area contributed by atoms with Crippen LogP contribution in [-0.4, -0.2) is 29.3 Å². The molecule has 112 valence electrons. The quantitative estimate of drug-likeness (QED) is 0.706. The molecule has 0 heterocycles. The monoisotopic (exact) mass is 347 g/mol. The number of carboxylic acids is 1. The van der Waals surface area contributed by atoms with E-state index in [0.29, 0.717) is 6.54 Å². The highest BCUT2D eigenvalue weighted by Crippen LogP contribution is 2.30. The molecule has 1 rings (SSSR count). The van der Waals surface area contributed by atoms with E-state index >= 15 is 0 Å². The van der Waals surface area contributed by atoms with E-state index in [4.69, 9.17) is 5.11 Å². The Morgan fingerprint density at radius 1 is 1.40 bits per heavy atom. The molecule has 0 aliphatic rings. The Labute approximate surface area is 126 Å². The fraction of sp³-hybridized carbons (Fsp3) is 0.500. The van der Waals surface area contributed by atoms with Crippen molar-refractivity contribution in [2.24, 2.45) is 5.41 Å². The van der Waals surface area contributed by atoms with Gasteiger partial charge in [0.15, 0.2) is 5.82 Å². The molecule has 0 radical (unpaired) electrons. The Morgan fingerprint density at radius 3 is 2.45 bits per heavy atom. The van der Waals surface area contributed by atoms with Gasteiger partial charge in [-0.3, -0.25) is 0 Å². The van der Waals surface area contributed by atoms with Crippen molar-refractivity contribution in [2.45, 2.75) is 26.7 Å². The molecule has 0 spiro atoms. The molecule has 0 bridgehead atoms. The standard InChI is InChI=1S/C14H19BrFNO3/c1-3-14(4-2,8-18)7-17-10-6-5-9(13(19)20)11(15)12(10)16/h5-6,17-18H,3-4,7-8H2,1-2H3,(H,19,20). The van der Waals surface area contributed by atoms with Crippen LogP contribution in [0.1, 0.15) is 37.0 Å². The number of halogens is 2. The van der Waals surface area contributed by atoms with E-state index in [9.17, 15) is 14.3 Å². The molecule has 4 nitrogen and oxygen atoms in total. The van der Waals surface area contributed by atoms with E-state index in [-0.39, 0.29) is 27.7 Å².